The Kier molecular flexibility index (Phi) is 7.52. The van der Waals surface area contributed by atoms with Gasteiger partial charge in [-0.05, 0) is 37.8 Å². The number of hydrogen-bond acceptors (Lipinski definition) is 3. The average Bonchev–Trinajstić information content (AvgIpc) is 2.42. The first-order valence-corrected chi connectivity index (χ1v) is 8.19. The lowest BCUT2D eigenvalue weighted by molar-refractivity contribution is -0.142. The Morgan fingerprint density at radius 1 is 1.25 bits per heavy atom. The predicted molar refractivity (Wildman–Crippen MR) is 79.2 cm³/mol. The van der Waals surface area contributed by atoms with Crippen LogP contribution in [0, 0.1) is 5.92 Å². The Balaban J connectivity index is 2.58. The Hall–Kier alpha value is -1.16. The van der Waals surface area contributed by atoms with Crippen LogP contribution in [0.3, 0.4) is 0 Å². The number of carboxylic acid groups (broad SMARTS) is 1. The van der Waals surface area contributed by atoms with Crippen molar-refractivity contribution in [1.29, 1.82) is 0 Å². The number of carbonyl (C=O) groups is 1. The summed E-state index contributed by atoms with van der Waals surface area (Å²) in [4.78, 5) is 20.6. The third-order valence-electron chi connectivity index (χ3n) is 3.42. The van der Waals surface area contributed by atoms with Crippen molar-refractivity contribution in [3.05, 3.63) is 35.9 Å². The fraction of sp³-hybridized carbons (Fsp3) is 0.500. The molecule has 1 aromatic rings. The lowest BCUT2D eigenvalue weighted by atomic mass is 9.95. The summed E-state index contributed by atoms with van der Waals surface area (Å²) in [5, 5.41) is 9.24. The summed E-state index contributed by atoms with van der Waals surface area (Å²) in [5.74, 6) is -1.80. The van der Waals surface area contributed by atoms with Gasteiger partial charge in [-0.3, -0.25) is 9.36 Å². The smallest absolute Gasteiger partial charge is 0.307 e. The Labute approximate surface area is 119 Å². The molecular formula is C14H22NO4P. The van der Waals surface area contributed by atoms with E-state index in [2.05, 4.69) is 0 Å². The van der Waals surface area contributed by atoms with Crippen LogP contribution in [0.25, 0.3) is 0 Å². The quantitative estimate of drug-likeness (QED) is 0.605. The summed E-state index contributed by atoms with van der Waals surface area (Å²) in [6.07, 6.45) is 2.12. The second-order valence-corrected chi connectivity index (χ2v) is 6.26. The van der Waals surface area contributed by atoms with Crippen LogP contribution in [0.4, 0.5) is 0 Å². The lowest BCUT2D eigenvalue weighted by Gasteiger charge is -2.20. The summed E-state index contributed by atoms with van der Waals surface area (Å²) >= 11 is 0. The summed E-state index contributed by atoms with van der Waals surface area (Å²) in [6, 6.07) is 9.78. The van der Waals surface area contributed by atoms with Gasteiger partial charge in [0.15, 0.2) is 8.03 Å². The van der Waals surface area contributed by atoms with Gasteiger partial charge < -0.3 is 15.7 Å². The molecule has 112 valence electrons. The van der Waals surface area contributed by atoms with Crippen LogP contribution >= 0.6 is 8.03 Å². The highest BCUT2D eigenvalue weighted by atomic mass is 31.1. The molecule has 0 aliphatic heterocycles. The molecule has 0 bridgehead atoms. The molecule has 0 amide bonds. The average molecular weight is 299 g/mol. The van der Waals surface area contributed by atoms with Crippen molar-refractivity contribution in [2.75, 3.05) is 6.54 Å². The summed E-state index contributed by atoms with van der Waals surface area (Å²) in [5.41, 5.74) is 5.82. The van der Waals surface area contributed by atoms with Crippen LogP contribution in [0.15, 0.2) is 30.3 Å². The second kappa shape index (κ2) is 8.90. The van der Waals surface area contributed by atoms with Crippen molar-refractivity contribution in [3.63, 3.8) is 0 Å². The van der Waals surface area contributed by atoms with E-state index in [1.807, 2.05) is 30.3 Å². The topological polar surface area (TPSA) is 101 Å². The van der Waals surface area contributed by atoms with Gasteiger partial charge in [0, 0.05) is 5.66 Å². The number of nitrogens with two attached hydrogens (primary N) is 1. The highest BCUT2D eigenvalue weighted by molar-refractivity contribution is 7.39. The molecule has 0 saturated heterocycles. The highest BCUT2D eigenvalue weighted by Gasteiger charge is 2.30. The minimum atomic E-state index is -2.88. The minimum Gasteiger partial charge on any atom is -0.481 e. The van der Waals surface area contributed by atoms with E-state index < -0.39 is 25.6 Å². The van der Waals surface area contributed by atoms with Gasteiger partial charge in [0.05, 0.1) is 5.92 Å². The molecule has 1 rings (SSSR count). The van der Waals surface area contributed by atoms with Gasteiger partial charge in [-0.25, -0.2) is 0 Å². The first-order chi connectivity index (χ1) is 9.56. The number of aryl methyl sites for hydroxylation is 1. The lowest BCUT2D eigenvalue weighted by Crippen LogP contribution is -2.28. The van der Waals surface area contributed by atoms with Crippen molar-refractivity contribution in [3.8, 4) is 0 Å². The number of aliphatic carboxylic acids is 1. The third kappa shape index (κ3) is 5.45. The fourth-order valence-electron chi connectivity index (χ4n) is 2.34. The molecule has 4 N–H and O–H groups in total. The van der Waals surface area contributed by atoms with Crippen molar-refractivity contribution in [1.82, 2.24) is 0 Å². The Morgan fingerprint density at radius 3 is 2.40 bits per heavy atom. The van der Waals surface area contributed by atoms with Crippen molar-refractivity contribution < 1.29 is 19.4 Å². The summed E-state index contributed by atoms with van der Waals surface area (Å²) in [6.45, 7) is 0.226. The van der Waals surface area contributed by atoms with Gasteiger partial charge in [-0.15, -0.1) is 0 Å². The normalized spacial score (nSPS) is 15.5. The van der Waals surface area contributed by atoms with Gasteiger partial charge in [0.1, 0.15) is 0 Å². The number of benzene rings is 1. The molecule has 1 aromatic carbocycles. The Bertz CT molecular complexity index is 438. The molecular weight excluding hydrogens is 277 g/mol. The van der Waals surface area contributed by atoms with Crippen LogP contribution < -0.4 is 5.73 Å². The Morgan fingerprint density at radius 2 is 1.90 bits per heavy atom. The zero-order valence-electron chi connectivity index (χ0n) is 11.4. The van der Waals surface area contributed by atoms with Gasteiger partial charge in [-0.2, -0.15) is 0 Å². The molecule has 0 aliphatic carbocycles. The molecule has 0 spiro atoms. The van der Waals surface area contributed by atoms with Crippen molar-refractivity contribution >= 4 is 14.0 Å². The van der Waals surface area contributed by atoms with Gasteiger partial charge in [0.2, 0.25) is 0 Å². The van der Waals surface area contributed by atoms with E-state index >= 15 is 0 Å². The van der Waals surface area contributed by atoms with Crippen LogP contribution in [-0.4, -0.2) is 28.2 Å². The molecule has 0 aromatic heterocycles. The van der Waals surface area contributed by atoms with E-state index in [0.717, 1.165) is 12.0 Å². The molecule has 0 saturated carbocycles. The zero-order valence-corrected chi connectivity index (χ0v) is 12.4. The molecule has 0 heterocycles. The minimum absolute atomic E-state index is 0.226. The maximum Gasteiger partial charge on any atom is 0.307 e. The third-order valence-corrected chi connectivity index (χ3v) is 4.75. The van der Waals surface area contributed by atoms with E-state index in [4.69, 9.17) is 5.73 Å². The van der Waals surface area contributed by atoms with Gasteiger partial charge in [-0.1, -0.05) is 30.3 Å². The largest absolute Gasteiger partial charge is 0.481 e. The van der Waals surface area contributed by atoms with Crippen LogP contribution in [-0.2, 0) is 15.8 Å². The van der Waals surface area contributed by atoms with Crippen LogP contribution in [0.5, 0.6) is 0 Å². The standard InChI is InChI=1S/C14H22NO4P/c15-10-9-13(20(18)19)12(14(16)17)8-4-7-11-5-2-1-3-6-11/h1-3,5-6,12-13,20H,4,7-10,15H2,(H,16,17)(H,18,19). The van der Waals surface area contributed by atoms with E-state index in [1.165, 1.54) is 0 Å². The van der Waals surface area contributed by atoms with Crippen LogP contribution in [0.1, 0.15) is 24.8 Å². The number of carboxylic acids is 1. The van der Waals surface area contributed by atoms with E-state index in [-0.39, 0.29) is 13.0 Å². The van der Waals surface area contributed by atoms with Gasteiger partial charge >= 0.3 is 5.97 Å². The summed E-state index contributed by atoms with van der Waals surface area (Å²) in [7, 11) is -2.88. The predicted octanol–water partition coefficient (Wildman–Crippen LogP) is 1.89. The number of rotatable bonds is 9. The molecule has 3 atom stereocenters. The molecule has 5 nitrogen and oxygen atoms in total. The first kappa shape index (κ1) is 16.9. The van der Waals surface area contributed by atoms with Crippen molar-refractivity contribution in [2.45, 2.75) is 31.3 Å². The second-order valence-electron chi connectivity index (χ2n) is 4.84. The maximum atomic E-state index is 11.3. The van der Waals surface area contributed by atoms with E-state index in [9.17, 15) is 19.4 Å². The molecule has 3 unspecified atom stereocenters. The van der Waals surface area contributed by atoms with Crippen LogP contribution in [0.2, 0.25) is 0 Å². The van der Waals surface area contributed by atoms with Gasteiger partial charge in [0.25, 0.3) is 0 Å². The van der Waals surface area contributed by atoms with E-state index in [1.54, 1.807) is 0 Å². The van der Waals surface area contributed by atoms with E-state index in [0.29, 0.717) is 12.8 Å². The molecule has 0 fully saturated rings. The molecule has 0 radical (unpaired) electrons. The highest BCUT2D eigenvalue weighted by Crippen LogP contribution is 2.34. The summed E-state index contributed by atoms with van der Waals surface area (Å²) < 4.78 is 11.3. The molecule has 0 aliphatic rings. The van der Waals surface area contributed by atoms with Crippen molar-refractivity contribution in [2.24, 2.45) is 11.7 Å². The monoisotopic (exact) mass is 299 g/mol. The maximum absolute atomic E-state index is 11.3. The SMILES string of the molecule is NCCC(C(CCCc1ccccc1)C(=O)O)[PH](=O)O. The first-order valence-electron chi connectivity index (χ1n) is 6.76. The fourth-order valence-corrected chi connectivity index (χ4v) is 3.41. The number of hydrogen-bond donors (Lipinski definition) is 3. The molecule has 6 heteroatoms. The zero-order chi connectivity index (χ0) is 15.0. The molecule has 20 heavy (non-hydrogen) atoms.